The molecule has 0 atom stereocenters. The first-order valence-corrected chi connectivity index (χ1v) is 16.3. The molecule has 0 bridgehead atoms. The number of pyridine rings is 1. The summed E-state index contributed by atoms with van der Waals surface area (Å²) in [6, 6.07) is 64.3. The Labute approximate surface area is 274 Å². The van der Waals surface area contributed by atoms with E-state index in [1.807, 2.05) is 6.07 Å². The van der Waals surface area contributed by atoms with Crippen molar-refractivity contribution >= 4 is 10.9 Å². The van der Waals surface area contributed by atoms with Crippen LogP contribution in [0.5, 0.6) is 0 Å². The number of hydrogen-bond donors (Lipinski definition) is 0. The van der Waals surface area contributed by atoms with E-state index in [1.165, 1.54) is 66.8 Å². The zero-order valence-electron chi connectivity index (χ0n) is 25.7. The van der Waals surface area contributed by atoms with Crippen molar-refractivity contribution in [3.63, 3.8) is 0 Å². The third-order valence-electron chi connectivity index (χ3n) is 10.3. The van der Waals surface area contributed by atoms with E-state index in [9.17, 15) is 0 Å². The monoisotopic (exact) mass is 595 g/mol. The van der Waals surface area contributed by atoms with E-state index in [4.69, 9.17) is 4.98 Å². The number of aromatic nitrogens is 1. The lowest BCUT2D eigenvalue weighted by molar-refractivity contribution is 0.794. The van der Waals surface area contributed by atoms with Gasteiger partial charge in [-0.1, -0.05) is 152 Å². The maximum Gasteiger partial charge on any atom is 0.0725 e. The molecule has 0 N–H and O–H groups in total. The van der Waals surface area contributed by atoms with Gasteiger partial charge in [-0.05, 0) is 91.0 Å². The van der Waals surface area contributed by atoms with Crippen LogP contribution in [0.3, 0.4) is 0 Å². The van der Waals surface area contributed by atoms with Gasteiger partial charge in [0.25, 0.3) is 0 Å². The molecule has 0 fully saturated rings. The second-order valence-electron chi connectivity index (χ2n) is 12.7. The smallest absolute Gasteiger partial charge is 0.0725 e. The SMILES string of the molecule is c1ccc(-c2ccc3c(-c4cccc(-c5ccc6c(c5)-c5ccccc5C65c6ccccc6-c6ccccc65)c4)cccc3n2)cc1. The summed E-state index contributed by atoms with van der Waals surface area (Å²) in [5.74, 6) is 0. The highest BCUT2D eigenvalue weighted by Gasteiger charge is 2.51. The van der Waals surface area contributed by atoms with Gasteiger partial charge in [-0.2, -0.15) is 0 Å². The standard InChI is InChI=1S/C46H29N/c1-2-12-30(13-3-1)44-27-25-38-34(19-11-23-45(38)47-44)33-15-10-14-31(28-33)32-24-26-43-39(29-32)37-18-6-9-22-42(37)46(43)40-20-7-4-16-35(40)36-17-5-8-21-41(36)46/h1-29H. The van der Waals surface area contributed by atoms with Gasteiger partial charge in [-0.15, -0.1) is 0 Å². The summed E-state index contributed by atoms with van der Waals surface area (Å²) in [7, 11) is 0. The predicted octanol–water partition coefficient (Wildman–Crippen LogP) is 11.6. The topological polar surface area (TPSA) is 12.9 Å². The minimum Gasteiger partial charge on any atom is -0.248 e. The van der Waals surface area contributed by atoms with Gasteiger partial charge in [-0.25, -0.2) is 4.98 Å². The van der Waals surface area contributed by atoms with E-state index in [2.05, 4.69) is 170 Å². The van der Waals surface area contributed by atoms with Crippen molar-refractivity contribution in [3.05, 3.63) is 198 Å². The molecule has 1 heterocycles. The first-order valence-electron chi connectivity index (χ1n) is 16.3. The predicted molar refractivity (Wildman–Crippen MR) is 194 cm³/mol. The van der Waals surface area contributed by atoms with Gasteiger partial charge in [0.2, 0.25) is 0 Å². The Morgan fingerprint density at radius 2 is 0.851 bits per heavy atom. The zero-order valence-corrected chi connectivity index (χ0v) is 25.7. The highest BCUT2D eigenvalue weighted by atomic mass is 14.7. The minimum absolute atomic E-state index is 0.311. The van der Waals surface area contributed by atoms with Gasteiger partial charge in [-0.3, -0.25) is 0 Å². The van der Waals surface area contributed by atoms with Crippen molar-refractivity contribution in [1.29, 1.82) is 0 Å². The first-order chi connectivity index (χ1) is 23.3. The molecule has 7 aromatic carbocycles. The molecule has 2 aliphatic rings. The Bertz CT molecular complexity index is 2480. The van der Waals surface area contributed by atoms with Gasteiger partial charge in [0.1, 0.15) is 0 Å². The molecule has 2 aliphatic carbocycles. The molecule has 218 valence electrons. The maximum absolute atomic E-state index is 5.04. The summed E-state index contributed by atoms with van der Waals surface area (Å²) >= 11 is 0. The lowest BCUT2D eigenvalue weighted by atomic mass is 9.70. The third kappa shape index (κ3) is 3.69. The van der Waals surface area contributed by atoms with E-state index in [0.717, 1.165) is 22.2 Å². The summed E-state index contributed by atoms with van der Waals surface area (Å²) in [6.07, 6.45) is 0. The van der Waals surface area contributed by atoms with Crippen molar-refractivity contribution in [1.82, 2.24) is 4.98 Å². The average molecular weight is 596 g/mol. The third-order valence-corrected chi connectivity index (χ3v) is 10.3. The van der Waals surface area contributed by atoms with Crippen LogP contribution in [0.4, 0.5) is 0 Å². The maximum atomic E-state index is 5.04. The normalized spacial score (nSPS) is 13.3. The molecule has 0 saturated carbocycles. The molecule has 0 unspecified atom stereocenters. The van der Waals surface area contributed by atoms with Gasteiger partial charge in [0.05, 0.1) is 16.6 Å². The van der Waals surface area contributed by atoms with Crippen molar-refractivity contribution < 1.29 is 0 Å². The van der Waals surface area contributed by atoms with Crippen molar-refractivity contribution in [2.45, 2.75) is 5.41 Å². The highest BCUT2D eigenvalue weighted by molar-refractivity contribution is 5.98. The minimum atomic E-state index is -0.311. The van der Waals surface area contributed by atoms with Crippen LogP contribution in [-0.4, -0.2) is 4.98 Å². The van der Waals surface area contributed by atoms with E-state index in [0.29, 0.717) is 0 Å². The fourth-order valence-corrected chi connectivity index (χ4v) is 8.32. The first kappa shape index (κ1) is 26.2. The summed E-state index contributed by atoms with van der Waals surface area (Å²) in [4.78, 5) is 5.04. The number of rotatable bonds is 3. The molecule has 1 spiro atoms. The Kier molecular flexibility index (Phi) is 5.56. The fraction of sp³-hybridized carbons (Fsp3) is 0.0217. The van der Waals surface area contributed by atoms with E-state index < -0.39 is 0 Å². The lowest BCUT2D eigenvalue weighted by Gasteiger charge is -2.30. The van der Waals surface area contributed by atoms with Crippen molar-refractivity contribution in [2.75, 3.05) is 0 Å². The molecule has 0 amide bonds. The fourth-order valence-electron chi connectivity index (χ4n) is 8.32. The lowest BCUT2D eigenvalue weighted by Crippen LogP contribution is -2.25. The second kappa shape index (κ2) is 9.97. The highest BCUT2D eigenvalue weighted by Crippen LogP contribution is 2.62. The van der Waals surface area contributed by atoms with Crippen LogP contribution in [-0.2, 0) is 5.41 Å². The quantitative estimate of drug-likeness (QED) is 0.198. The summed E-state index contributed by atoms with van der Waals surface area (Å²) in [5.41, 5.74) is 18.4. The van der Waals surface area contributed by atoms with Crippen LogP contribution in [0.1, 0.15) is 22.3 Å². The molecule has 0 aliphatic heterocycles. The summed E-state index contributed by atoms with van der Waals surface area (Å²) < 4.78 is 0. The molecule has 1 aromatic heterocycles. The molecule has 8 aromatic rings. The number of benzene rings is 7. The molecule has 0 radical (unpaired) electrons. The Hall–Kier alpha value is -6.05. The molecule has 47 heavy (non-hydrogen) atoms. The zero-order chi connectivity index (χ0) is 31.0. The van der Waals surface area contributed by atoms with Crippen LogP contribution >= 0.6 is 0 Å². The number of hydrogen-bond acceptors (Lipinski definition) is 1. The summed E-state index contributed by atoms with van der Waals surface area (Å²) in [5, 5.41) is 1.16. The second-order valence-corrected chi connectivity index (χ2v) is 12.7. The largest absolute Gasteiger partial charge is 0.248 e. The van der Waals surface area contributed by atoms with Gasteiger partial charge >= 0.3 is 0 Å². The van der Waals surface area contributed by atoms with E-state index in [-0.39, 0.29) is 5.41 Å². The van der Waals surface area contributed by atoms with Crippen LogP contribution in [0.2, 0.25) is 0 Å². The molecule has 1 heteroatoms. The molecular weight excluding hydrogens is 567 g/mol. The van der Waals surface area contributed by atoms with Crippen molar-refractivity contribution in [3.8, 4) is 55.8 Å². The molecule has 10 rings (SSSR count). The molecule has 1 nitrogen and oxygen atoms in total. The van der Waals surface area contributed by atoms with Gasteiger partial charge in [0, 0.05) is 10.9 Å². The van der Waals surface area contributed by atoms with Crippen LogP contribution in [0.25, 0.3) is 66.7 Å². The van der Waals surface area contributed by atoms with Crippen LogP contribution < -0.4 is 0 Å². The van der Waals surface area contributed by atoms with Gasteiger partial charge < -0.3 is 0 Å². The Balaban J connectivity index is 1.12. The average Bonchev–Trinajstić information content (AvgIpc) is 3.62. The van der Waals surface area contributed by atoms with Crippen molar-refractivity contribution in [2.24, 2.45) is 0 Å². The van der Waals surface area contributed by atoms with E-state index >= 15 is 0 Å². The van der Waals surface area contributed by atoms with Crippen LogP contribution in [0.15, 0.2) is 176 Å². The number of nitrogens with zero attached hydrogens (tertiary/aromatic N) is 1. The molecule has 0 saturated heterocycles. The summed E-state index contributed by atoms with van der Waals surface area (Å²) in [6.45, 7) is 0. The molecular formula is C46H29N. The van der Waals surface area contributed by atoms with E-state index in [1.54, 1.807) is 0 Å². The Morgan fingerprint density at radius 3 is 1.57 bits per heavy atom. The van der Waals surface area contributed by atoms with Gasteiger partial charge in [0.15, 0.2) is 0 Å². The number of fused-ring (bicyclic) bond motifs is 11. The van der Waals surface area contributed by atoms with Crippen LogP contribution in [0, 0.1) is 0 Å². The Morgan fingerprint density at radius 1 is 0.319 bits per heavy atom.